The molecule has 2 unspecified atom stereocenters. The fourth-order valence-corrected chi connectivity index (χ4v) is 3.91. The SMILES string of the molecule is C=CCN(C(=O)C(CCSC)NC(=O)OC(C)(C)C)C(C(=O)NCC(=O)OC)c1cc(C)ccc1C. The van der Waals surface area contributed by atoms with E-state index in [1.54, 1.807) is 20.8 Å². The Hall–Kier alpha value is -3.01. The predicted octanol–water partition coefficient (Wildman–Crippen LogP) is 3.29. The number of carbonyl (C=O) groups is 4. The van der Waals surface area contributed by atoms with E-state index in [4.69, 9.17) is 4.74 Å². The van der Waals surface area contributed by atoms with Gasteiger partial charge in [-0.2, -0.15) is 11.8 Å². The highest BCUT2D eigenvalue weighted by atomic mass is 32.2. The molecule has 1 aromatic carbocycles. The number of benzene rings is 1. The van der Waals surface area contributed by atoms with Crippen molar-refractivity contribution in [3.05, 3.63) is 47.5 Å². The highest BCUT2D eigenvalue weighted by Gasteiger charge is 2.36. The van der Waals surface area contributed by atoms with E-state index >= 15 is 0 Å². The van der Waals surface area contributed by atoms with E-state index in [2.05, 4.69) is 21.9 Å². The first-order valence-electron chi connectivity index (χ1n) is 11.7. The summed E-state index contributed by atoms with van der Waals surface area (Å²) < 4.78 is 10.0. The molecule has 0 aliphatic rings. The summed E-state index contributed by atoms with van der Waals surface area (Å²) in [4.78, 5) is 52.9. The average Bonchev–Trinajstić information content (AvgIpc) is 2.80. The minimum atomic E-state index is -1.07. The van der Waals surface area contributed by atoms with Crippen molar-refractivity contribution in [3.8, 4) is 0 Å². The fourth-order valence-electron chi connectivity index (χ4n) is 3.44. The van der Waals surface area contributed by atoms with Crippen LogP contribution in [0.4, 0.5) is 4.79 Å². The van der Waals surface area contributed by atoms with Gasteiger partial charge in [-0.15, -0.1) is 6.58 Å². The van der Waals surface area contributed by atoms with Crippen molar-refractivity contribution < 1.29 is 28.7 Å². The van der Waals surface area contributed by atoms with E-state index in [1.165, 1.54) is 29.8 Å². The normalized spacial score (nSPS) is 12.6. The van der Waals surface area contributed by atoms with E-state index in [1.807, 2.05) is 38.3 Å². The molecule has 0 heterocycles. The second-order valence-electron chi connectivity index (χ2n) is 9.32. The minimum absolute atomic E-state index is 0.0360. The zero-order chi connectivity index (χ0) is 27.5. The molecular formula is C26H39N3O6S. The second kappa shape index (κ2) is 14.5. The molecule has 1 aromatic rings. The molecule has 2 atom stereocenters. The Morgan fingerprint density at radius 3 is 2.42 bits per heavy atom. The molecule has 0 aliphatic carbocycles. The molecule has 200 valence electrons. The summed E-state index contributed by atoms with van der Waals surface area (Å²) >= 11 is 1.53. The van der Waals surface area contributed by atoms with E-state index in [0.717, 1.165) is 11.1 Å². The van der Waals surface area contributed by atoms with Crippen molar-refractivity contribution >= 4 is 35.6 Å². The molecule has 0 bridgehead atoms. The van der Waals surface area contributed by atoms with Crippen LogP contribution in [-0.4, -0.2) is 72.6 Å². The fraction of sp³-hybridized carbons (Fsp3) is 0.538. The van der Waals surface area contributed by atoms with Crippen molar-refractivity contribution in [3.63, 3.8) is 0 Å². The summed E-state index contributed by atoms with van der Waals surface area (Å²) in [5.41, 5.74) is 1.56. The zero-order valence-corrected chi connectivity index (χ0v) is 23.1. The molecule has 0 radical (unpaired) electrons. The van der Waals surface area contributed by atoms with Crippen molar-refractivity contribution in [2.24, 2.45) is 0 Å². The molecule has 1 rings (SSSR count). The number of hydrogen-bond donors (Lipinski definition) is 2. The van der Waals surface area contributed by atoms with Crippen LogP contribution in [0.15, 0.2) is 30.9 Å². The number of hydrogen-bond acceptors (Lipinski definition) is 7. The Morgan fingerprint density at radius 2 is 1.86 bits per heavy atom. The molecule has 2 N–H and O–H groups in total. The highest BCUT2D eigenvalue weighted by molar-refractivity contribution is 7.98. The van der Waals surface area contributed by atoms with E-state index < -0.39 is 41.6 Å². The van der Waals surface area contributed by atoms with Crippen LogP contribution in [0, 0.1) is 13.8 Å². The molecule has 0 spiro atoms. The Bertz CT molecular complexity index is 944. The number of amides is 3. The first-order valence-corrected chi connectivity index (χ1v) is 13.1. The number of ether oxygens (including phenoxy) is 2. The number of methoxy groups -OCH3 is 1. The lowest BCUT2D eigenvalue weighted by molar-refractivity contribution is -0.144. The molecule has 0 aliphatic heterocycles. The maximum absolute atomic E-state index is 13.9. The van der Waals surface area contributed by atoms with Crippen LogP contribution in [0.1, 0.15) is 49.9 Å². The molecule has 0 saturated heterocycles. The topological polar surface area (TPSA) is 114 Å². The van der Waals surface area contributed by atoms with Gasteiger partial charge in [-0.3, -0.25) is 14.4 Å². The summed E-state index contributed by atoms with van der Waals surface area (Å²) in [5.74, 6) is -1.04. The lowest BCUT2D eigenvalue weighted by Gasteiger charge is -2.34. The number of rotatable bonds is 12. The molecule has 36 heavy (non-hydrogen) atoms. The van der Waals surface area contributed by atoms with Gasteiger partial charge >= 0.3 is 12.1 Å². The van der Waals surface area contributed by atoms with Crippen molar-refractivity contribution in [1.82, 2.24) is 15.5 Å². The third kappa shape index (κ3) is 9.93. The standard InChI is InChI=1S/C26H39N3O6S/c1-9-13-29(24(32)20(12-14-36-8)28-25(33)35-26(4,5)6)22(23(31)27-16-21(30)34-7)19-15-17(2)10-11-18(19)3/h9-11,15,20,22H,1,12-14,16H2,2-8H3,(H,27,31)(H,28,33). The Balaban J connectivity index is 3.48. The Labute approximate surface area is 218 Å². The maximum Gasteiger partial charge on any atom is 0.408 e. The van der Waals surface area contributed by atoms with Gasteiger partial charge in [0, 0.05) is 6.54 Å². The number of alkyl carbamates (subject to hydrolysis) is 1. The number of nitrogens with one attached hydrogen (secondary N) is 2. The van der Waals surface area contributed by atoms with Crippen LogP contribution < -0.4 is 10.6 Å². The summed E-state index contributed by atoms with van der Waals surface area (Å²) in [5, 5.41) is 5.24. The smallest absolute Gasteiger partial charge is 0.408 e. The number of esters is 1. The van der Waals surface area contributed by atoms with Gasteiger partial charge in [0.2, 0.25) is 11.8 Å². The van der Waals surface area contributed by atoms with Crippen LogP contribution in [0.3, 0.4) is 0 Å². The van der Waals surface area contributed by atoms with Gasteiger partial charge in [0.05, 0.1) is 7.11 Å². The summed E-state index contributed by atoms with van der Waals surface area (Å²) in [7, 11) is 1.23. The van der Waals surface area contributed by atoms with Crippen LogP contribution >= 0.6 is 11.8 Å². The summed E-state index contributed by atoms with van der Waals surface area (Å²) in [6, 6.07) is 3.60. The maximum atomic E-state index is 13.9. The van der Waals surface area contributed by atoms with E-state index in [-0.39, 0.29) is 13.1 Å². The van der Waals surface area contributed by atoms with Crippen LogP contribution in [0.2, 0.25) is 0 Å². The number of nitrogens with zero attached hydrogens (tertiary/aromatic N) is 1. The molecule has 3 amide bonds. The quantitative estimate of drug-likeness (QED) is 0.320. The largest absolute Gasteiger partial charge is 0.468 e. The Morgan fingerprint density at radius 1 is 1.19 bits per heavy atom. The van der Waals surface area contributed by atoms with Crippen LogP contribution in [0.25, 0.3) is 0 Å². The van der Waals surface area contributed by atoms with Crippen molar-refractivity contribution in [1.29, 1.82) is 0 Å². The van der Waals surface area contributed by atoms with Crippen LogP contribution in [0.5, 0.6) is 0 Å². The van der Waals surface area contributed by atoms with E-state index in [9.17, 15) is 19.2 Å². The van der Waals surface area contributed by atoms with Gasteiger partial charge in [-0.05, 0) is 64.2 Å². The molecule has 10 heteroatoms. The third-order valence-electron chi connectivity index (χ3n) is 5.13. The predicted molar refractivity (Wildman–Crippen MR) is 142 cm³/mol. The highest BCUT2D eigenvalue weighted by Crippen LogP contribution is 2.27. The van der Waals surface area contributed by atoms with Crippen molar-refractivity contribution in [2.45, 2.75) is 58.7 Å². The first kappa shape index (κ1) is 31.0. The van der Waals surface area contributed by atoms with Crippen LogP contribution in [-0.2, 0) is 23.9 Å². The Kier molecular flexibility index (Phi) is 12.5. The lowest BCUT2D eigenvalue weighted by Crippen LogP contribution is -2.53. The van der Waals surface area contributed by atoms with Gasteiger partial charge in [0.25, 0.3) is 0 Å². The molecule has 0 fully saturated rings. The molecular weight excluding hydrogens is 482 g/mol. The number of carbonyl (C=O) groups excluding carboxylic acids is 4. The third-order valence-corrected chi connectivity index (χ3v) is 5.78. The minimum Gasteiger partial charge on any atom is -0.468 e. The zero-order valence-electron chi connectivity index (χ0n) is 22.3. The molecule has 0 saturated carbocycles. The van der Waals surface area contributed by atoms with Gasteiger partial charge in [-0.1, -0.05) is 29.8 Å². The lowest BCUT2D eigenvalue weighted by atomic mass is 9.96. The molecule has 0 aromatic heterocycles. The van der Waals surface area contributed by atoms with Crippen molar-refractivity contribution in [2.75, 3.05) is 32.2 Å². The second-order valence-corrected chi connectivity index (χ2v) is 10.3. The van der Waals surface area contributed by atoms with Gasteiger partial charge in [0.1, 0.15) is 24.2 Å². The molecule has 9 nitrogen and oxygen atoms in total. The number of aryl methyl sites for hydroxylation is 2. The monoisotopic (exact) mass is 521 g/mol. The first-order chi connectivity index (χ1) is 16.8. The summed E-state index contributed by atoms with van der Waals surface area (Å²) in [6.45, 7) is 12.4. The van der Waals surface area contributed by atoms with Gasteiger partial charge in [-0.25, -0.2) is 4.79 Å². The average molecular weight is 522 g/mol. The van der Waals surface area contributed by atoms with E-state index in [0.29, 0.717) is 17.7 Å². The van der Waals surface area contributed by atoms with Gasteiger partial charge < -0.3 is 25.0 Å². The van der Waals surface area contributed by atoms with Gasteiger partial charge in [0.15, 0.2) is 0 Å². The summed E-state index contributed by atoms with van der Waals surface area (Å²) in [6.07, 6.45) is 3.02. The number of thioether (sulfide) groups is 1.